The van der Waals surface area contributed by atoms with E-state index < -0.39 is 10.0 Å². The Morgan fingerprint density at radius 2 is 1.92 bits per heavy atom. The molecule has 2 aromatic rings. The predicted molar refractivity (Wildman–Crippen MR) is 95.1 cm³/mol. The number of halogens is 1. The molecule has 4 rings (SSSR count). The topological polar surface area (TPSA) is 81.4 Å². The van der Waals surface area contributed by atoms with Crippen LogP contribution in [0.4, 0.5) is 5.69 Å². The quantitative estimate of drug-likeness (QED) is 0.797. The lowest BCUT2D eigenvalue weighted by Crippen LogP contribution is -2.29. The van der Waals surface area contributed by atoms with Crippen molar-refractivity contribution in [3.63, 3.8) is 0 Å². The van der Waals surface area contributed by atoms with Gasteiger partial charge in [0.05, 0.1) is 17.0 Å². The molecule has 0 aromatic heterocycles. The van der Waals surface area contributed by atoms with Crippen LogP contribution in [-0.4, -0.2) is 15.0 Å². The number of benzene rings is 2. The Labute approximate surface area is 149 Å². The summed E-state index contributed by atoms with van der Waals surface area (Å²) in [5.74, 6) is 0.259. The van der Waals surface area contributed by atoms with Crippen LogP contribution in [0.5, 0.6) is 0 Å². The fourth-order valence-corrected chi connectivity index (χ4v) is 4.44. The van der Waals surface area contributed by atoms with Crippen LogP contribution in [0.1, 0.15) is 29.7 Å². The monoisotopic (exact) mass is 408 g/mol. The zero-order valence-corrected chi connectivity index (χ0v) is 15.2. The van der Waals surface area contributed by atoms with E-state index in [-0.39, 0.29) is 23.0 Å². The van der Waals surface area contributed by atoms with E-state index in [1.54, 1.807) is 12.1 Å². The van der Waals surface area contributed by atoms with E-state index in [2.05, 4.69) is 33.4 Å². The Morgan fingerprint density at radius 1 is 1.17 bits per heavy atom. The summed E-state index contributed by atoms with van der Waals surface area (Å²) in [5.41, 5.74) is 2.97. The lowest BCUT2D eigenvalue weighted by atomic mass is 9.81. The molecule has 0 spiro atoms. The van der Waals surface area contributed by atoms with Crippen molar-refractivity contribution in [1.29, 1.82) is 0 Å². The maximum Gasteiger partial charge on any atom is 0.238 e. The summed E-state index contributed by atoms with van der Waals surface area (Å²) in [6.07, 6.45) is 0.814. The smallest absolute Gasteiger partial charge is 0.238 e. The molecule has 7 heteroatoms. The number of hydrogen-bond acceptors (Lipinski definition) is 4. The molecule has 1 fully saturated rings. The number of nitrogens with two attached hydrogens (primary N) is 1. The highest BCUT2D eigenvalue weighted by Gasteiger charge is 2.41. The first-order chi connectivity index (χ1) is 11.4. The van der Waals surface area contributed by atoms with Gasteiger partial charge in [0.1, 0.15) is 0 Å². The molecule has 24 heavy (non-hydrogen) atoms. The van der Waals surface area contributed by atoms with Crippen LogP contribution in [0.3, 0.4) is 0 Å². The molecule has 126 valence electrons. The predicted octanol–water partition coefficient (Wildman–Crippen LogP) is 3.34. The first-order valence-corrected chi connectivity index (χ1v) is 10.1. The molecule has 3 N–H and O–H groups in total. The Kier molecular flexibility index (Phi) is 3.91. The van der Waals surface area contributed by atoms with Gasteiger partial charge >= 0.3 is 0 Å². The first kappa shape index (κ1) is 16.1. The molecule has 2 heterocycles. The lowest BCUT2D eigenvalue weighted by Gasteiger charge is -2.36. The second-order valence-electron chi connectivity index (χ2n) is 6.21. The molecule has 5 nitrogen and oxygen atoms in total. The van der Waals surface area contributed by atoms with Crippen molar-refractivity contribution in [2.24, 2.45) is 11.1 Å². The van der Waals surface area contributed by atoms with Gasteiger partial charge in [-0.05, 0) is 42.3 Å². The zero-order valence-electron chi connectivity index (χ0n) is 12.8. The van der Waals surface area contributed by atoms with E-state index in [0.717, 1.165) is 22.1 Å². The highest BCUT2D eigenvalue weighted by atomic mass is 79.9. The molecule has 2 aromatic carbocycles. The number of fused-ring (bicyclic) bond motifs is 3. The van der Waals surface area contributed by atoms with Gasteiger partial charge in [-0.25, -0.2) is 13.6 Å². The molecule has 0 saturated carbocycles. The maximum absolute atomic E-state index is 11.6. The first-order valence-electron chi connectivity index (χ1n) is 7.74. The number of nitrogens with one attached hydrogen (secondary N) is 1. The molecule has 2 aliphatic heterocycles. The van der Waals surface area contributed by atoms with Gasteiger partial charge in [-0.2, -0.15) is 0 Å². The Morgan fingerprint density at radius 3 is 2.62 bits per heavy atom. The standard InChI is InChI=1S/C17H17BrN2O3S/c18-11-3-1-10(2-4-11)16-13-7-8-23-17(13)14-9-12(24(19,21)22)5-6-15(14)20-16/h1-6,9,13,16-17,20H,7-8H2,(H2,19,21,22)/t13-,16+,17-/m0/s1. The largest absolute Gasteiger partial charge is 0.378 e. The fourth-order valence-electron chi connectivity index (χ4n) is 3.63. The minimum atomic E-state index is -3.72. The van der Waals surface area contributed by atoms with Crippen molar-refractivity contribution >= 4 is 31.6 Å². The summed E-state index contributed by atoms with van der Waals surface area (Å²) < 4.78 is 30.3. The van der Waals surface area contributed by atoms with Crippen LogP contribution in [0.25, 0.3) is 0 Å². The van der Waals surface area contributed by atoms with E-state index in [9.17, 15) is 8.42 Å². The van der Waals surface area contributed by atoms with E-state index in [1.165, 1.54) is 11.6 Å². The summed E-state index contributed by atoms with van der Waals surface area (Å²) in [6.45, 7) is 0.670. The van der Waals surface area contributed by atoms with Crippen LogP contribution in [0.2, 0.25) is 0 Å². The third-order valence-electron chi connectivity index (χ3n) is 4.76. The lowest BCUT2D eigenvalue weighted by molar-refractivity contribution is 0.0827. The van der Waals surface area contributed by atoms with Crippen molar-refractivity contribution in [3.05, 3.63) is 58.1 Å². The molecular formula is C17H17BrN2O3S. The van der Waals surface area contributed by atoms with Crippen LogP contribution in [-0.2, 0) is 14.8 Å². The molecular weight excluding hydrogens is 392 g/mol. The van der Waals surface area contributed by atoms with Crippen molar-refractivity contribution in [2.45, 2.75) is 23.5 Å². The average molecular weight is 409 g/mol. The van der Waals surface area contributed by atoms with Gasteiger partial charge < -0.3 is 10.1 Å². The SMILES string of the molecule is NS(=O)(=O)c1ccc2c(c1)[C@H]1OCC[C@H]1[C@@H](c1ccc(Br)cc1)N2. The number of rotatable bonds is 2. The van der Waals surface area contributed by atoms with Gasteiger partial charge in [-0.1, -0.05) is 28.1 Å². The van der Waals surface area contributed by atoms with Crippen LogP contribution < -0.4 is 10.5 Å². The second kappa shape index (κ2) is 5.84. The van der Waals surface area contributed by atoms with E-state index in [0.29, 0.717) is 6.61 Å². The minimum Gasteiger partial charge on any atom is -0.378 e. The second-order valence-corrected chi connectivity index (χ2v) is 8.69. The summed E-state index contributed by atoms with van der Waals surface area (Å²) in [6, 6.07) is 13.3. The number of hydrogen-bond donors (Lipinski definition) is 2. The summed E-state index contributed by atoms with van der Waals surface area (Å²) >= 11 is 3.46. The average Bonchev–Trinajstić information content (AvgIpc) is 3.03. The summed E-state index contributed by atoms with van der Waals surface area (Å²) in [7, 11) is -3.72. The molecule has 0 aliphatic carbocycles. The van der Waals surface area contributed by atoms with Crippen molar-refractivity contribution < 1.29 is 13.2 Å². The molecule has 0 unspecified atom stereocenters. The Balaban J connectivity index is 1.78. The molecule has 3 atom stereocenters. The number of ether oxygens (including phenoxy) is 1. The fraction of sp³-hybridized carbons (Fsp3) is 0.294. The van der Waals surface area contributed by atoms with E-state index in [4.69, 9.17) is 9.88 Å². The van der Waals surface area contributed by atoms with Crippen LogP contribution >= 0.6 is 15.9 Å². The van der Waals surface area contributed by atoms with Crippen LogP contribution in [0, 0.1) is 5.92 Å². The van der Waals surface area contributed by atoms with Crippen molar-refractivity contribution in [3.8, 4) is 0 Å². The Hall–Kier alpha value is -1.41. The highest BCUT2D eigenvalue weighted by molar-refractivity contribution is 9.10. The molecule has 0 bridgehead atoms. The van der Waals surface area contributed by atoms with Crippen LogP contribution in [0.15, 0.2) is 51.8 Å². The third kappa shape index (κ3) is 2.75. The summed E-state index contributed by atoms with van der Waals surface area (Å²) in [5, 5.41) is 8.82. The van der Waals surface area contributed by atoms with Crippen molar-refractivity contribution in [1.82, 2.24) is 0 Å². The Bertz CT molecular complexity index is 883. The maximum atomic E-state index is 11.6. The summed E-state index contributed by atoms with van der Waals surface area (Å²) in [4.78, 5) is 0.124. The molecule has 0 amide bonds. The van der Waals surface area contributed by atoms with Gasteiger partial charge in [-0.3, -0.25) is 0 Å². The van der Waals surface area contributed by atoms with Gasteiger partial charge in [-0.15, -0.1) is 0 Å². The number of primary sulfonamides is 1. The van der Waals surface area contributed by atoms with E-state index >= 15 is 0 Å². The highest BCUT2D eigenvalue weighted by Crippen LogP contribution is 2.50. The minimum absolute atomic E-state index is 0.114. The zero-order chi connectivity index (χ0) is 16.9. The van der Waals surface area contributed by atoms with Gasteiger partial charge in [0, 0.05) is 28.2 Å². The normalized spacial score (nSPS) is 25.7. The number of sulfonamides is 1. The van der Waals surface area contributed by atoms with Gasteiger partial charge in [0.15, 0.2) is 0 Å². The van der Waals surface area contributed by atoms with Gasteiger partial charge in [0.2, 0.25) is 10.0 Å². The van der Waals surface area contributed by atoms with Gasteiger partial charge in [0.25, 0.3) is 0 Å². The molecule has 0 radical (unpaired) electrons. The molecule has 1 saturated heterocycles. The van der Waals surface area contributed by atoms with Crippen molar-refractivity contribution in [2.75, 3.05) is 11.9 Å². The number of anilines is 1. The van der Waals surface area contributed by atoms with E-state index in [1.807, 2.05) is 12.1 Å². The third-order valence-corrected chi connectivity index (χ3v) is 6.20. The molecule has 2 aliphatic rings.